The minimum absolute atomic E-state index is 0.136. The van der Waals surface area contributed by atoms with Gasteiger partial charge in [-0.1, -0.05) is 6.42 Å². The van der Waals surface area contributed by atoms with Gasteiger partial charge in [0.05, 0.1) is 6.10 Å². The summed E-state index contributed by atoms with van der Waals surface area (Å²) in [5.74, 6) is -0.149. The molecule has 1 aliphatic rings. The standard InChI is InChI=1S/C12H16N2O4/c1-8-6-7-11(12(13-8)14(16)17)18-10-5-3-2-4-9(10)15/h6-7,9-10,15H,2-5H2,1H3/t9-,10-/m0/s1. The molecule has 1 aromatic rings. The first-order chi connectivity index (χ1) is 8.58. The Morgan fingerprint density at radius 1 is 1.44 bits per heavy atom. The zero-order chi connectivity index (χ0) is 13.1. The Bertz CT molecular complexity index is 450. The number of hydrogen-bond acceptors (Lipinski definition) is 5. The predicted octanol–water partition coefficient (Wildman–Crippen LogP) is 1.98. The van der Waals surface area contributed by atoms with E-state index in [0.717, 1.165) is 12.8 Å². The fourth-order valence-corrected chi connectivity index (χ4v) is 2.13. The largest absolute Gasteiger partial charge is 0.480 e. The Balaban J connectivity index is 2.20. The summed E-state index contributed by atoms with van der Waals surface area (Å²) < 4.78 is 5.56. The van der Waals surface area contributed by atoms with Gasteiger partial charge in [-0.3, -0.25) is 0 Å². The van der Waals surface area contributed by atoms with Gasteiger partial charge in [-0.25, -0.2) is 0 Å². The third-order valence-corrected chi connectivity index (χ3v) is 3.10. The van der Waals surface area contributed by atoms with Crippen LogP contribution in [0.2, 0.25) is 0 Å². The van der Waals surface area contributed by atoms with Gasteiger partial charge in [0, 0.05) is 6.92 Å². The van der Waals surface area contributed by atoms with Gasteiger partial charge in [-0.2, -0.15) is 0 Å². The lowest BCUT2D eigenvalue weighted by Crippen LogP contribution is -2.34. The van der Waals surface area contributed by atoms with E-state index in [1.807, 2.05) is 0 Å². The summed E-state index contributed by atoms with van der Waals surface area (Å²) in [5, 5.41) is 20.7. The van der Waals surface area contributed by atoms with Crippen molar-refractivity contribution in [3.63, 3.8) is 0 Å². The Labute approximate surface area is 105 Å². The van der Waals surface area contributed by atoms with Crippen molar-refractivity contribution < 1.29 is 14.8 Å². The Hall–Kier alpha value is -1.69. The average Bonchev–Trinajstić information content (AvgIpc) is 2.34. The molecule has 1 heterocycles. The maximum absolute atomic E-state index is 10.9. The van der Waals surface area contributed by atoms with Crippen molar-refractivity contribution in [2.75, 3.05) is 0 Å². The van der Waals surface area contributed by atoms with Crippen LogP contribution in [0.5, 0.6) is 5.75 Å². The van der Waals surface area contributed by atoms with E-state index in [2.05, 4.69) is 4.98 Å². The highest BCUT2D eigenvalue weighted by Gasteiger charge is 2.28. The number of aromatic nitrogens is 1. The first-order valence-electron chi connectivity index (χ1n) is 6.04. The Kier molecular flexibility index (Phi) is 3.76. The lowest BCUT2D eigenvalue weighted by Gasteiger charge is -2.27. The summed E-state index contributed by atoms with van der Waals surface area (Å²) in [4.78, 5) is 14.2. The van der Waals surface area contributed by atoms with Gasteiger partial charge in [0.15, 0.2) is 0 Å². The lowest BCUT2D eigenvalue weighted by molar-refractivity contribution is -0.390. The molecule has 1 N–H and O–H groups in total. The molecule has 0 unspecified atom stereocenters. The van der Waals surface area contributed by atoms with Crippen molar-refractivity contribution in [2.45, 2.75) is 44.8 Å². The van der Waals surface area contributed by atoms with Crippen LogP contribution >= 0.6 is 0 Å². The van der Waals surface area contributed by atoms with Crippen LogP contribution in [0.4, 0.5) is 5.82 Å². The molecule has 18 heavy (non-hydrogen) atoms. The number of rotatable bonds is 3. The molecule has 2 atom stereocenters. The molecule has 1 aromatic heterocycles. The summed E-state index contributed by atoms with van der Waals surface area (Å²) in [6.07, 6.45) is 2.40. The average molecular weight is 252 g/mol. The molecule has 0 aliphatic heterocycles. The number of nitrogens with zero attached hydrogens (tertiary/aromatic N) is 2. The zero-order valence-electron chi connectivity index (χ0n) is 10.2. The van der Waals surface area contributed by atoms with E-state index in [4.69, 9.17) is 4.74 Å². The number of aryl methyl sites for hydroxylation is 1. The topological polar surface area (TPSA) is 85.5 Å². The van der Waals surface area contributed by atoms with Crippen molar-refractivity contribution in [2.24, 2.45) is 0 Å². The van der Waals surface area contributed by atoms with Crippen molar-refractivity contribution in [1.82, 2.24) is 4.98 Å². The molecule has 0 bridgehead atoms. The summed E-state index contributed by atoms with van der Waals surface area (Å²) in [6.45, 7) is 1.69. The smallest absolute Gasteiger partial charge is 0.406 e. The second-order valence-electron chi connectivity index (χ2n) is 4.54. The van der Waals surface area contributed by atoms with Crippen LogP contribution in [0.25, 0.3) is 0 Å². The Morgan fingerprint density at radius 2 is 2.17 bits per heavy atom. The van der Waals surface area contributed by atoms with E-state index in [9.17, 15) is 15.2 Å². The van der Waals surface area contributed by atoms with Gasteiger partial charge < -0.3 is 20.0 Å². The second kappa shape index (κ2) is 5.30. The van der Waals surface area contributed by atoms with Crippen molar-refractivity contribution >= 4 is 5.82 Å². The number of aliphatic hydroxyl groups excluding tert-OH is 1. The first-order valence-corrected chi connectivity index (χ1v) is 6.04. The van der Waals surface area contributed by atoms with Crippen LogP contribution in [0.15, 0.2) is 12.1 Å². The van der Waals surface area contributed by atoms with E-state index in [0.29, 0.717) is 18.5 Å². The fourth-order valence-electron chi connectivity index (χ4n) is 2.13. The van der Waals surface area contributed by atoms with Gasteiger partial charge in [0.1, 0.15) is 11.8 Å². The van der Waals surface area contributed by atoms with Crippen LogP contribution in [0, 0.1) is 17.0 Å². The van der Waals surface area contributed by atoms with E-state index >= 15 is 0 Å². The van der Waals surface area contributed by atoms with E-state index < -0.39 is 11.0 Å². The minimum Gasteiger partial charge on any atom is -0.480 e. The normalized spacial score (nSPS) is 23.7. The van der Waals surface area contributed by atoms with E-state index in [1.165, 1.54) is 0 Å². The molecule has 0 saturated heterocycles. The van der Waals surface area contributed by atoms with Gasteiger partial charge in [-0.15, -0.1) is 0 Å². The molecule has 0 amide bonds. The molecule has 6 heteroatoms. The van der Waals surface area contributed by atoms with E-state index in [-0.39, 0.29) is 17.7 Å². The quantitative estimate of drug-likeness (QED) is 0.656. The summed E-state index contributed by atoms with van der Waals surface area (Å²) in [5.41, 5.74) is 0.568. The van der Waals surface area contributed by atoms with Gasteiger partial charge in [0.2, 0.25) is 5.75 Å². The molecule has 0 radical (unpaired) electrons. The molecular weight excluding hydrogens is 236 g/mol. The summed E-state index contributed by atoms with van der Waals surface area (Å²) in [6, 6.07) is 3.21. The molecule has 0 aromatic carbocycles. The van der Waals surface area contributed by atoms with Crippen molar-refractivity contribution in [1.29, 1.82) is 0 Å². The highest BCUT2D eigenvalue weighted by molar-refractivity contribution is 5.40. The molecule has 1 fully saturated rings. The fraction of sp³-hybridized carbons (Fsp3) is 0.583. The van der Waals surface area contributed by atoms with E-state index in [1.54, 1.807) is 19.1 Å². The summed E-state index contributed by atoms with van der Waals surface area (Å²) in [7, 11) is 0. The molecule has 2 rings (SSSR count). The minimum atomic E-state index is -0.558. The highest BCUT2D eigenvalue weighted by Crippen LogP contribution is 2.29. The monoisotopic (exact) mass is 252 g/mol. The maximum Gasteiger partial charge on any atom is 0.406 e. The Morgan fingerprint density at radius 3 is 2.83 bits per heavy atom. The van der Waals surface area contributed by atoms with Crippen LogP contribution in [0.3, 0.4) is 0 Å². The molecule has 1 aliphatic carbocycles. The van der Waals surface area contributed by atoms with Crippen molar-refractivity contribution in [3.05, 3.63) is 27.9 Å². The lowest BCUT2D eigenvalue weighted by atomic mass is 9.95. The number of pyridine rings is 1. The first kappa shape index (κ1) is 12.8. The van der Waals surface area contributed by atoms with Gasteiger partial charge in [0.25, 0.3) is 0 Å². The summed E-state index contributed by atoms with van der Waals surface area (Å²) >= 11 is 0. The number of hydrogen-bond donors (Lipinski definition) is 1. The molecule has 1 saturated carbocycles. The van der Waals surface area contributed by atoms with Gasteiger partial charge in [-0.05, 0) is 41.3 Å². The number of ether oxygens (including phenoxy) is 1. The van der Waals surface area contributed by atoms with Crippen LogP contribution in [-0.4, -0.2) is 27.2 Å². The predicted molar refractivity (Wildman–Crippen MR) is 64.5 cm³/mol. The third kappa shape index (κ3) is 2.76. The van der Waals surface area contributed by atoms with Crippen LogP contribution < -0.4 is 4.74 Å². The van der Waals surface area contributed by atoms with Crippen LogP contribution in [0.1, 0.15) is 31.4 Å². The molecule has 98 valence electrons. The number of nitro groups is 1. The zero-order valence-corrected chi connectivity index (χ0v) is 10.2. The molecular formula is C12H16N2O4. The second-order valence-corrected chi connectivity index (χ2v) is 4.54. The third-order valence-electron chi connectivity index (χ3n) is 3.10. The van der Waals surface area contributed by atoms with Crippen LogP contribution in [-0.2, 0) is 0 Å². The molecule has 0 spiro atoms. The van der Waals surface area contributed by atoms with Gasteiger partial charge >= 0.3 is 5.82 Å². The molecule has 6 nitrogen and oxygen atoms in total. The SMILES string of the molecule is Cc1ccc(O[C@H]2CCCC[C@@H]2O)c([N+](=O)[O-])n1. The highest BCUT2D eigenvalue weighted by atomic mass is 16.6. The number of aliphatic hydroxyl groups is 1. The maximum atomic E-state index is 10.9. The van der Waals surface area contributed by atoms with Crippen molar-refractivity contribution in [3.8, 4) is 5.75 Å².